The second-order valence-corrected chi connectivity index (χ2v) is 7.69. The zero-order valence-electron chi connectivity index (χ0n) is 16.8. The Labute approximate surface area is 165 Å². The molecule has 0 radical (unpaired) electrons. The molecule has 2 aliphatic heterocycles. The molecule has 8 heteroatoms. The Morgan fingerprint density at radius 3 is 3.04 bits per heavy atom. The van der Waals surface area contributed by atoms with Gasteiger partial charge in [0.25, 0.3) is 6.17 Å². The summed E-state index contributed by atoms with van der Waals surface area (Å²) in [6.45, 7) is 4.90. The highest BCUT2D eigenvalue weighted by Gasteiger charge is 2.42. The van der Waals surface area contributed by atoms with E-state index in [1.165, 1.54) is 12.7 Å². The minimum absolute atomic E-state index is 0.101. The van der Waals surface area contributed by atoms with Crippen molar-refractivity contribution >= 4 is 11.6 Å². The standard InChI is InChI=1S/C20H30FN5O2/c1-12-10-14(5-6-16(12)21)18-15(8-9-23-18)17-7-4-13(2)26(17)19(22)20(27)25-24-11-28-3/h5-6,8,13-14,18-19,23-24H,4,7,9-11,22H2,1-3H3/p+1. The van der Waals surface area contributed by atoms with Crippen molar-refractivity contribution in [3.63, 3.8) is 0 Å². The van der Waals surface area contributed by atoms with Gasteiger partial charge in [0.1, 0.15) is 12.6 Å². The van der Waals surface area contributed by atoms with E-state index in [0.29, 0.717) is 6.42 Å². The highest BCUT2D eigenvalue weighted by molar-refractivity contribution is 5.99. The van der Waals surface area contributed by atoms with E-state index < -0.39 is 6.17 Å². The molecule has 4 unspecified atom stereocenters. The number of amides is 1. The minimum Gasteiger partial charge on any atom is -0.368 e. The highest BCUT2D eigenvalue weighted by Crippen LogP contribution is 2.33. The maximum absolute atomic E-state index is 13.7. The van der Waals surface area contributed by atoms with Gasteiger partial charge in [-0.15, -0.1) is 0 Å². The first kappa shape index (κ1) is 20.9. The molecule has 4 atom stereocenters. The maximum atomic E-state index is 13.7. The molecule has 2 heterocycles. The van der Waals surface area contributed by atoms with Crippen molar-refractivity contribution in [3.8, 4) is 0 Å². The molecule has 0 bridgehead atoms. The fourth-order valence-corrected chi connectivity index (χ4v) is 4.32. The first-order valence-electron chi connectivity index (χ1n) is 9.82. The SMILES string of the molecule is COCNNC(=O)C(N)[N+]1=C(C2=CCNC2C2C=CC(F)=C(C)C2)CCC1C. The summed E-state index contributed by atoms with van der Waals surface area (Å²) in [7, 11) is 1.54. The summed E-state index contributed by atoms with van der Waals surface area (Å²) in [4.78, 5) is 12.5. The van der Waals surface area contributed by atoms with E-state index >= 15 is 0 Å². The summed E-state index contributed by atoms with van der Waals surface area (Å²) in [5, 5.41) is 3.53. The van der Waals surface area contributed by atoms with Crippen LogP contribution in [0.15, 0.2) is 35.2 Å². The molecule has 0 saturated carbocycles. The summed E-state index contributed by atoms with van der Waals surface area (Å²) < 4.78 is 20.6. The number of ether oxygens (including phenoxy) is 1. The predicted octanol–water partition coefficient (Wildman–Crippen LogP) is 0.850. The zero-order valence-corrected chi connectivity index (χ0v) is 16.8. The Bertz CT molecular complexity index is 743. The van der Waals surface area contributed by atoms with Crippen molar-refractivity contribution in [1.82, 2.24) is 16.2 Å². The van der Waals surface area contributed by atoms with Crippen LogP contribution >= 0.6 is 0 Å². The Hall–Kier alpha value is -1.87. The fraction of sp³-hybridized carbons (Fsp3) is 0.600. The number of allylic oxidation sites excluding steroid dienone is 3. The van der Waals surface area contributed by atoms with Crippen molar-refractivity contribution in [3.05, 3.63) is 35.2 Å². The van der Waals surface area contributed by atoms with Crippen molar-refractivity contribution < 1.29 is 18.5 Å². The number of hydrogen-bond donors (Lipinski definition) is 4. The van der Waals surface area contributed by atoms with Crippen molar-refractivity contribution in [1.29, 1.82) is 0 Å². The number of hydrazine groups is 1. The molecule has 0 aromatic rings. The number of nitrogens with zero attached hydrogens (tertiary/aromatic N) is 1. The molecule has 0 aromatic heterocycles. The van der Waals surface area contributed by atoms with Gasteiger partial charge >= 0.3 is 5.91 Å². The number of halogens is 1. The normalized spacial score (nSPS) is 28.8. The van der Waals surface area contributed by atoms with Gasteiger partial charge in [0.05, 0.1) is 0 Å². The largest absolute Gasteiger partial charge is 0.368 e. The Morgan fingerprint density at radius 2 is 2.32 bits per heavy atom. The summed E-state index contributed by atoms with van der Waals surface area (Å²) in [5.41, 5.74) is 14.7. The summed E-state index contributed by atoms with van der Waals surface area (Å²) in [5.74, 6) is -0.248. The molecule has 0 fully saturated rings. The maximum Gasteiger partial charge on any atom is 0.319 e. The molecular weight excluding hydrogens is 361 g/mol. The van der Waals surface area contributed by atoms with Crippen LogP contribution in [0.5, 0.6) is 0 Å². The van der Waals surface area contributed by atoms with Crippen LogP contribution in [0, 0.1) is 5.92 Å². The number of nitrogens with two attached hydrogens (primary N) is 1. The second kappa shape index (κ2) is 9.09. The lowest BCUT2D eigenvalue weighted by Crippen LogP contribution is -2.55. The number of rotatable bonds is 7. The molecule has 3 rings (SSSR count). The third-order valence-electron chi connectivity index (χ3n) is 5.78. The average Bonchev–Trinajstić information content (AvgIpc) is 3.30. The zero-order chi connectivity index (χ0) is 20.3. The second-order valence-electron chi connectivity index (χ2n) is 7.69. The Balaban J connectivity index is 1.81. The quantitative estimate of drug-likeness (QED) is 0.223. The van der Waals surface area contributed by atoms with Crippen LogP contribution in [-0.2, 0) is 9.53 Å². The molecule has 1 aliphatic carbocycles. The van der Waals surface area contributed by atoms with Crippen molar-refractivity contribution in [2.75, 3.05) is 20.4 Å². The first-order chi connectivity index (χ1) is 13.4. The lowest BCUT2D eigenvalue weighted by atomic mass is 9.84. The average molecular weight is 392 g/mol. The third-order valence-corrected chi connectivity index (χ3v) is 5.78. The van der Waals surface area contributed by atoms with Gasteiger partial charge in [-0.1, -0.05) is 12.2 Å². The summed E-state index contributed by atoms with van der Waals surface area (Å²) in [6.07, 6.45) is 7.41. The minimum atomic E-state index is -0.792. The molecule has 0 saturated heterocycles. The molecule has 5 N–H and O–H groups in total. The van der Waals surface area contributed by atoms with E-state index in [9.17, 15) is 9.18 Å². The molecular formula is C20H31FN5O2+. The molecule has 1 amide bonds. The van der Waals surface area contributed by atoms with Crippen LogP contribution in [0.2, 0.25) is 0 Å². The van der Waals surface area contributed by atoms with E-state index in [4.69, 9.17) is 10.5 Å². The molecule has 0 spiro atoms. The van der Waals surface area contributed by atoms with E-state index in [1.54, 1.807) is 6.08 Å². The lowest BCUT2D eigenvalue weighted by molar-refractivity contribution is -0.577. The van der Waals surface area contributed by atoms with E-state index in [0.717, 1.165) is 30.7 Å². The smallest absolute Gasteiger partial charge is 0.319 e. The van der Waals surface area contributed by atoms with Crippen LogP contribution in [0.3, 0.4) is 0 Å². The number of methoxy groups -OCH3 is 1. The summed E-state index contributed by atoms with van der Waals surface area (Å²) in [6, 6.07) is 0.269. The van der Waals surface area contributed by atoms with Gasteiger partial charge < -0.3 is 10.1 Å². The van der Waals surface area contributed by atoms with Gasteiger partial charge in [-0.2, -0.15) is 0 Å². The first-order valence-corrected chi connectivity index (χ1v) is 9.82. The molecule has 154 valence electrons. The number of hydrogen-bond acceptors (Lipinski definition) is 5. The number of nitrogens with one attached hydrogen (secondary N) is 3. The number of carbonyl (C=O) groups excluding carboxylic acids is 1. The van der Waals surface area contributed by atoms with E-state index in [1.807, 2.05) is 17.6 Å². The number of carbonyl (C=O) groups is 1. The third kappa shape index (κ3) is 4.25. The van der Waals surface area contributed by atoms with Gasteiger partial charge in [-0.3, -0.25) is 16.0 Å². The van der Waals surface area contributed by atoms with Crippen LogP contribution in [-0.4, -0.2) is 54.8 Å². The van der Waals surface area contributed by atoms with Gasteiger partial charge in [0, 0.05) is 44.0 Å². The van der Waals surface area contributed by atoms with Gasteiger partial charge in [-0.25, -0.2) is 14.4 Å². The van der Waals surface area contributed by atoms with Crippen molar-refractivity contribution in [2.45, 2.75) is 51.4 Å². The van der Waals surface area contributed by atoms with Crippen LogP contribution in [0.1, 0.15) is 33.1 Å². The van der Waals surface area contributed by atoms with Gasteiger partial charge in [0.2, 0.25) is 0 Å². The van der Waals surface area contributed by atoms with Crippen LogP contribution in [0.25, 0.3) is 0 Å². The van der Waals surface area contributed by atoms with Gasteiger partial charge in [0.15, 0.2) is 11.8 Å². The highest BCUT2D eigenvalue weighted by atomic mass is 19.1. The van der Waals surface area contributed by atoms with E-state index in [2.05, 4.69) is 29.2 Å². The fourth-order valence-electron chi connectivity index (χ4n) is 4.32. The monoisotopic (exact) mass is 392 g/mol. The summed E-state index contributed by atoms with van der Waals surface area (Å²) >= 11 is 0. The van der Waals surface area contributed by atoms with E-state index in [-0.39, 0.29) is 36.5 Å². The van der Waals surface area contributed by atoms with Crippen LogP contribution in [0.4, 0.5) is 4.39 Å². The molecule has 28 heavy (non-hydrogen) atoms. The molecule has 0 aromatic carbocycles. The van der Waals surface area contributed by atoms with Gasteiger partial charge in [-0.05, 0) is 31.9 Å². The molecule has 7 nitrogen and oxygen atoms in total. The molecule has 3 aliphatic rings. The van der Waals surface area contributed by atoms with Crippen LogP contribution < -0.4 is 21.9 Å². The Kier molecular flexibility index (Phi) is 6.77. The Morgan fingerprint density at radius 1 is 1.54 bits per heavy atom. The van der Waals surface area contributed by atoms with Crippen molar-refractivity contribution in [2.24, 2.45) is 11.7 Å². The lowest BCUT2D eigenvalue weighted by Gasteiger charge is -2.26. The predicted molar refractivity (Wildman–Crippen MR) is 106 cm³/mol. The topological polar surface area (TPSA) is 91.4 Å².